The van der Waals surface area contributed by atoms with Crippen LogP contribution in [0.5, 0.6) is 0 Å². The molecule has 18 heavy (non-hydrogen) atoms. The summed E-state index contributed by atoms with van der Waals surface area (Å²) in [6.45, 7) is 4.81. The number of likely N-dealkylation sites (N-methyl/N-ethyl adjacent to an activating group) is 1. The number of hydrogen-bond donors (Lipinski definition) is 2. The summed E-state index contributed by atoms with van der Waals surface area (Å²) in [5.41, 5.74) is 1.41. The predicted molar refractivity (Wildman–Crippen MR) is 71.8 cm³/mol. The predicted octanol–water partition coefficient (Wildman–Crippen LogP) is 0.947. The molecule has 1 fully saturated rings. The van der Waals surface area contributed by atoms with Crippen molar-refractivity contribution in [3.63, 3.8) is 0 Å². The molecule has 1 atom stereocenters. The highest BCUT2D eigenvalue weighted by Gasteiger charge is 2.21. The number of rotatable bonds is 4. The van der Waals surface area contributed by atoms with Crippen molar-refractivity contribution in [3.05, 3.63) is 24.0 Å². The zero-order valence-corrected chi connectivity index (χ0v) is 10.9. The third kappa shape index (κ3) is 3.20. The normalized spacial score (nSPS) is 19.8. The van der Waals surface area contributed by atoms with Gasteiger partial charge in [0, 0.05) is 31.0 Å². The van der Waals surface area contributed by atoms with Crippen LogP contribution >= 0.6 is 0 Å². The molecule has 2 N–H and O–H groups in total. The average Bonchev–Trinajstić information content (AvgIpc) is 2.75. The Morgan fingerprint density at radius 2 is 2.44 bits per heavy atom. The lowest BCUT2D eigenvalue weighted by molar-refractivity contribution is 0.0933. The fourth-order valence-electron chi connectivity index (χ4n) is 2.18. The molecule has 0 bridgehead atoms. The lowest BCUT2D eigenvalue weighted by Gasteiger charge is -2.13. The average molecular weight is 248 g/mol. The van der Waals surface area contributed by atoms with Gasteiger partial charge in [0.1, 0.15) is 5.69 Å². The standard InChI is InChI=1S/C13H20N4O/c1-3-14-10-4-6-15-12(8-10)13(18)16-11-5-7-17(2)9-11/h4,6,8,11H,3,5,7,9H2,1-2H3,(H,14,15)(H,16,18). The highest BCUT2D eigenvalue weighted by Crippen LogP contribution is 2.10. The minimum absolute atomic E-state index is 0.0879. The van der Waals surface area contributed by atoms with Crippen LogP contribution in [0.15, 0.2) is 18.3 Å². The van der Waals surface area contributed by atoms with Crippen molar-refractivity contribution in [2.24, 2.45) is 0 Å². The molecule has 1 aliphatic heterocycles. The van der Waals surface area contributed by atoms with Crippen molar-refractivity contribution >= 4 is 11.6 Å². The van der Waals surface area contributed by atoms with Crippen LogP contribution in [0, 0.1) is 0 Å². The van der Waals surface area contributed by atoms with Crippen molar-refractivity contribution in [1.29, 1.82) is 0 Å². The molecular formula is C13H20N4O. The van der Waals surface area contributed by atoms with Crippen LogP contribution in [-0.2, 0) is 0 Å². The number of likely N-dealkylation sites (tertiary alicyclic amines) is 1. The number of carbonyl (C=O) groups excluding carboxylic acids is 1. The first-order valence-electron chi connectivity index (χ1n) is 6.38. The summed E-state index contributed by atoms with van der Waals surface area (Å²) in [7, 11) is 2.07. The maximum atomic E-state index is 12.0. The lowest BCUT2D eigenvalue weighted by Crippen LogP contribution is -2.36. The van der Waals surface area contributed by atoms with Gasteiger partial charge in [0.25, 0.3) is 5.91 Å². The van der Waals surface area contributed by atoms with Gasteiger partial charge >= 0.3 is 0 Å². The van der Waals surface area contributed by atoms with Gasteiger partial charge in [-0.3, -0.25) is 9.78 Å². The molecule has 2 rings (SSSR count). The molecule has 0 saturated carbocycles. The summed E-state index contributed by atoms with van der Waals surface area (Å²) in [6.07, 6.45) is 2.67. The van der Waals surface area contributed by atoms with Crippen LogP contribution in [0.25, 0.3) is 0 Å². The quantitative estimate of drug-likeness (QED) is 0.833. The van der Waals surface area contributed by atoms with Gasteiger partial charge in [0.2, 0.25) is 0 Å². The van der Waals surface area contributed by atoms with Crippen molar-refractivity contribution in [2.75, 3.05) is 32.0 Å². The molecular weight excluding hydrogens is 228 g/mol. The van der Waals surface area contributed by atoms with Gasteiger partial charge in [0.05, 0.1) is 0 Å². The first-order chi connectivity index (χ1) is 8.69. The number of amides is 1. The number of aromatic nitrogens is 1. The van der Waals surface area contributed by atoms with E-state index in [0.29, 0.717) is 5.69 Å². The van der Waals surface area contributed by atoms with E-state index in [4.69, 9.17) is 0 Å². The molecule has 0 aliphatic carbocycles. The Hall–Kier alpha value is -1.62. The van der Waals surface area contributed by atoms with Gasteiger partial charge < -0.3 is 15.5 Å². The first kappa shape index (κ1) is 12.8. The zero-order chi connectivity index (χ0) is 13.0. The monoisotopic (exact) mass is 248 g/mol. The van der Waals surface area contributed by atoms with Gasteiger partial charge in [-0.25, -0.2) is 0 Å². The van der Waals surface area contributed by atoms with E-state index in [-0.39, 0.29) is 11.9 Å². The molecule has 1 aromatic heterocycles. The Morgan fingerprint density at radius 1 is 1.61 bits per heavy atom. The third-order valence-electron chi connectivity index (χ3n) is 3.10. The Morgan fingerprint density at radius 3 is 3.11 bits per heavy atom. The third-order valence-corrected chi connectivity index (χ3v) is 3.10. The van der Waals surface area contributed by atoms with E-state index in [1.807, 2.05) is 13.0 Å². The van der Waals surface area contributed by atoms with Crippen LogP contribution in [0.3, 0.4) is 0 Å². The second-order valence-electron chi connectivity index (χ2n) is 4.68. The number of hydrogen-bond acceptors (Lipinski definition) is 4. The molecule has 2 heterocycles. The largest absolute Gasteiger partial charge is 0.385 e. The summed E-state index contributed by atoms with van der Waals surface area (Å²) < 4.78 is 0. The Bertz CT molecular complexity index is 421. The highest BCUT2D eigenvalue weighted by molar-refractivity contribution is 5.93. The van der Waals surface area contributed by atoms with E-state index in [1.54, 1.807) is 12.3 Å². The molecule has 1 aliphatic rings. The Labute approximate surface area is 108 Å². The Kier molecular flexibility index (Phi) is 4.15. The van der Waals surface area contributed by atoms with E-state index in [9.17, 15) is 4.79 Å². The summed E-state index contributed by atoms with van der Waals surface area (Å²) in [5.74, 6) is -0.0879. The zero-order valence-electron chi connectivity index (χ0n) is 10.9. The summed E-state index contributed by atoms with van der Waals surface area (Å²) in [6, 6.07) is 3.90. The van der Waals surface area contributed by atoms with Crippen molar-refractivity contribution in [2.45, 2.75) is 19.4 Å². The maximum Gasteiger partial charge on any atom is 0.270 e. The SMILES string of the molecule is CCNc1ccnc(C(=O)NC2CCN(C)C2)c1. The lowest BCUT2D eigenvalue weighted by atomic mass is 10.2. The molecule has 0 spiro atoms. The highest BCUT2D eigenvalue weighted by atomic mass is 16.1. The fraction of sp³-hybridized carbons (Fsp3) is 0.538. The maximum absolute atomic E-state index is 12.0. The fourth-order valence-corrected chi connectivity index (χ4v) is 2.18. The second kappa shape index (κ2) is 5.82. The summed E-state index contributed by atoms with van der Waals surface area (Å²) >= 11 is 0. The smallest absolute Gasteiger partial charge is 0.270 e. The minimum Gasteiger partial charge on any atom is -0.385 e. The number of nitrogens with zero attached hydrogens (tertiary/aromatic N) is 2. The molecule has 5 heteroatoms. The number of anilines is 1. The van der Waals surface area contributed by atoms with Gasteiger partial charge in [-0.05, 0) is 39.1 Å². The molecule has 0 radical (unpaired) electrons. The van der Waals surface area contributed by atoms with Crippen LogP contribution in [0.2, 0.25) is 0 Å². The van der Waals surface area contributed by atoms with Crippen molar-refractivity contribution < 1.29 is 4.79 Å². The van der Waals surface area contributed by atoms with Crippen LogP contribution in [-0.4, -0.2) is 48.5 Å². The van der Waals surface area contributed by atoms with E-state index >= 15 is 0 Å². The summed E-state index contributed by atoms with van der Waals surface area (Å²) in [4.78, 5) is 18.4. The van der Waals surface area contributed by atoms with E-state index < -0.39 is 0 Å². The van der Waals surface area contributed by atoms with Gasteiger partial charge in [-0.15, -0.1) is 0 Å². The molecule has 0 aromatic carbocycles. The van der Waals surface area contributed by atoms with E-state index in [1.165, 1.54) is 0 Å². The molecule has 98 valence electrons. The van der Waals surface area contributed by atoms with Gasteiger partial charge in [-0.1, -0.05) is 0 Å². The molecule has 1 saturated heterocycles. The number of carbonyl (C=O) groups is 1. The van der Waals surface area contributed by atoms with Gasteiger partial charge in [0.15, 0.2) is 0 Å². The van der Waals surface area contributed by atoms with Crippen LogP contribution < -0.4 is 10.6 Å². The van der Waals surface area contributed by atoms with Crippen molar-refractivity contribution in [3.8, 4) is 0 Å². The summed E-state index contributed by atoms with van der Waals surface area (Å²) in [5, 5.41) is 6.20. The molecule has 1 amide bonds. The second-order valence-corrected chi connectivity index (χ2v) is 4.68. The van der Waals surface area contributed by atoms with E-state index in [0.717, 1.165) is 31.7 Å². The Balaban J connectivity index is 1.97. The number of pyridine rings is 1. The topological polar surface area (TPSA) is 57.3 Å². The minimum atomic E-state index is -0.0879. The van der Waals surface area contributed by atoms with E-state index in [2.05, 4.69) is 27.6 Å². The van der Waals surface area contributed by atoms with Gasteiger partial charge in [-0.2, -0.15) is 0 Å². The number of nitrogens with one attached hydrogen (secondary N) is 2. The van der Waals surface area contributed by atoms with Crippen molar-refractivity contribution in [1.82, 2.24) is 15.2 Å². The molecule has 5 nitrogen and oxygen atoms in total. The van der Waals surface area contributed by atoms with Crippen LogP contribution in [0.4, 0.5) is 5.69 Å². The molecule has 1 aromatic rings. The molecule has 1 unspecified atom stereocenters. The van der Waals surface area contributed by atoms with Crippen LogP contribution in [0.1, 0.15) is 23.8 Å². The first-order valence-corrected chi connectivity index (χ1v) is 6.38.